The first-order chi connectivity index (χ1) is 9.90. The number of nitro groups is 1. The molecule has 2 aromatic carbocycles. The topological polar surface area (TPSA) is 80.4 Å². The molecule has 0 bridgehead atoms. The molecule has 0 radical (unpaired) electrons. The molecule has 0 aliphatic carbocycles. The van der Waals surface area contributed by atoms with Gasteiger partial charge in [0.15, 0.2) is 0 Å². The Hall–Kier alpha value is -2.12. The standard InChI is InChI=1S/C13H7ClFNO4S/c14-9-5-4-7(6-8(9)13(17)18)21-11-3-1-2-10(15)12(11)16(19)20/h1-6H,(H,17,18). The molecule has 5 nitrogen and oxygen atoms in total. The summed E-state index contributed by atoms with van der Waals surface area (Å²) in [5.41, 5.74) is -0.768. The molecule has 0 spiro atoms. The number of carboxylic acid groups (broad SMARTS) is 1. The van der Waals surface area contributed by atoms with Crippen molar-refractivity contribution in [1.29, 1.82) is 0 Å². The van der Waals surface area contributed by atoms with E-state index in [9.17, 15) is 19.3 Å². The average molecular weight is 328 g/mol. The Balaban J connectivity index is 2.44. The highest BCUT2D eigenvalue weighted by Crippen LogP contribution is 2.37. The molecule has 0 saturated carbocycles. The average Bonchev–Trinajstić information content (AvgIpc) is 2.40. The van der Waals surface area contributed by atoms with Crippen molar-refractivity contribution in [3.05, 3.63) is 62.9 Å². The van der Waals surface area contributed by atoms with Crippen LogP contribution in [0.25, 0.3) is 0 Å². The van der Waals surface area contributed by atoms with Crippen LogP contribution >= 0.6 is 23.4 Å². The van der Waals surface area contributed by atoms with Gasteiger partial charge in [0.1, 0.15) is 0 Å². The van der Waals surface area contributed by atoms with Gasteiger partial charge in [0, 0.05) is 4.90 Å². The van der Waals surface area contributed by atoms with Crippen molar-refractivity contribution < 1.29 is 19.2 Å². The summed E-state index contributed by atoms with van der Waals surface area (Å²) in [5, 5.41) is 19.9. The number of carbonyl (C=O) groups is 1. The van der Waals surface area contributed by atoms with E-state index in [0.29, 0.717) is 4.90 Å². The van der Waals surface area contributed by atoms with Gasteiger partial charge < -0.3 is 5.11 Å². The highest BCUT2D eigenvalue weighted by Gasteiger charge is 2.21. The zero-order valence-electron chi connectivity index (χ0n) is 10.2. The maximum absolute atomic E-state index is 13.5. The molecule has 1 N–H and O–H groups in total. The quantitative estimate of drug-likeness (QED) is 0.671. The van der Waals surface area contributed by atoms with Crippen LogP contribution in [-0.4, -0.2) is 16.0 Å². The van der Waals surface area contributed by atoms with Crippen molar-refractivity contribution in [2.24, 2.45) is 0 Å². The van der Waals surface area contributed by atoms with Crippen molar-refractivity contribution >= 4 is 35.0 Å². The fourth-order valence-electron chi connectivity index (χ4n) is 1.61. The first kappa shape index (κ1) is 15.3. The van der Waals surface area contributed by atoms with Gasteiger partial charge in [0.05, 0.1) is 20.4 Å². The first-order valence-electron chi connectivity index (χ1n) is 5.53. The minimum atomic E-state index is -1.21. The van der Waals surface area contributed by atoms with Crippen molar-refractivity contribution in [2.45, 2.75) is 9.79 Å². The van der Waals surface area contributed by atoms with E-state index in [-0.39, 0.29) is 15.5 Å². The maximum atomic E-state index is 13.5. The predicted molar refractivity (Wildman–Crippen MR) is 75.6 cm³/mol. The van der Waals surface area contributed by atoms with Gasteiger partial charge in [-0.15, -0.1) is 0 Å². The van der Waals surface area contributed by atoms with Crippen LogP contribution in [0.4, 0.5) is 10.1 Å². The molecule has 0 aliphatic rings. The van der Waals surface area contributed by atoms with E-state index in [0.717, 1.165) is 17.8 Å². The van der Waals surface area contributed by atoms with Gasteiger partial charge in [-0.25, -0.2) is 4.79 Å². The van der Waals surface area contributed by atoms with E-state index in [4.69, 9.17) is 16.7 Å². The third kappa shape index (κ3) is 3.32. The summed E-state index contributed by atoms with van der Waals surface area (Å²) in [5.74, 6) is -2.16. The molecule has 2 aromatic rings. The number of hydrogen-bond donors (Lipinski definition) is 1. The van der Waals surface area contributed by atoms with Crippen LogP contribution in [0.3, 0.4) is 0 Å². The second kappa shape index (κ2) is 6.11. The largest absolute Gasteiger partial charge is 0.478 e. The van der Waals surface area contributed by atoms with Crippen LogP contribution < -0.4 is 0 Å². The second-order valence-corrected chi connectivity index (χ2v) is 5.42. The zero-order chi connectivity index (χ0) is 15.6. The molecule has 0 amide bonds. The van der Waals surface area contributed by atoms with E-state index in [1.54, 1.807) is 0 Å². The summed E-state index contributed by atoms with van der Waals surface area (Å²) in [6, 6.07) is 7.89. The molecule has 108 valence electrons. The molecule has 8 heteroatoms. The number of rotatable bonds is 4. The van der Waals surface area contributed by atoms with Gasteiger partial charge in [-0.1, -0.05) is 29.4 Å². The monoisotopic (exact) mass is 327 g/mol. The van der Waals surface area contributed by atoms with Gasteiger partial charge in [0.25, 0.3) is 0 Å². The number of nitrogens with zero attached hydrogens (tertiary/aromatic N) is 1. The number of nitro benzene ring substituents is 1. The Bertz CT molecular complexity index is 738. The third-order valence-electron chi connectivity index (χ3n) is 2.53. The molecule has 21 heavy (non-hydrogen) atoms. The lowest BCUT2D eigenvalue weighted by Gasteiger charge is -2.05. The molecule has 0 unspecified atom stereocenters. The molecule has 0 saturated heterocycles. The minimum absolute atomic E-state index is 0.0561. The van der Waals surface area contributed by atoms with Gasteiger partial charge in [0.2, 0.25) is 5.82 Å². The first-order valence-corrected chi connectivity index (χ1v) is 6.73. The number of benzene rings is 2. The Morgan fingerprint density at radius 1 is 1.33 bits per heavy atom. The normalized spacial score (nSPS) is 10.4. The van der Waals surface area contributed by atoms with Crippen LogP contribution in [0.5, 0.6) is 0 Å². The number of carboxylic acids is 1. The number of halogens is 2. The van der Waals surface area contributed by atoms with Crippen molar-refractivity contribution in [1.82, 2.24) is 0 Å². The molecule has 0 atom stereocenters. The van der Waals surface area contributed by atoms with E-state index < -0.39 is 22.4 Å². The SMILES string of the molecule is O=C(O)c1cc(Sc2cccc(F)c2[N+](=O)[O-])ccc1Cl. The van der Waals surface area contributed by atoms with Crippen LogP contribution in [-0.2, 0) is 0 Å². The Morgan fingerprint density at radius 2 is 2.05 bits per heavy atom. The summed E-state index contributed by atoms with van der Waals surface area (Å²) in [4.78, 5) is 21.6. The molecular formula is C13H7ClFNO4S. The zero-order valence-corrected chi connectivity index (χ0v) is 11.8. The summed E-state index contributed by atoms with van der Waals surface area (Å²) in [6.07, 6.45) is 0. The molecule has 0 fully saturated rings. The lowest BCUT2D eigenvalue weighted by atomic mass is 10.2. The molecule has 0 heterocycles. The highest BCUT2D eigenvalue weighted by atomic mass is 35.5. The number of hydrogen-bond acceptors (Lipinski definition) is 4. The summed E-state index contributed by atoms with van der Waals surface area (Å²) in [6.45, 7) is 0. The molecule has 0 aromatic heterocycles. The number of para-hydroxylation sites is 1. The summed E-state index contributed by atoms with van der Waals surface area (Å²) in [7, 11) is 0. The Kier molecular flexibility index (Phi) is 4.44. The van der Waals surface area contributed by atoms with E-state index in [1.165, 1.54) is 30.3 Å². The molecular weight excluding hydrogens is 321 g/mol. The second-order valence-electron chi connectivity index (χ2n) is 3.89. The third-order valence-corrected chi connectivity index (χ3v) is 3.90. The minimum Gasteiger partial charge on any atom is -0.478 e. The van der Waals surface area contributed by atoms with Crippen LogP contribution in [0.2, 0.25) is 5.02 Å². The van der Waals surface area contributed by atoms with Crippen LogP contribution in [0.1, 0.15) is 10.4 Å². The number of aromatic carboxylic acids is 1. The lowest BCUT2D eigenvalue weighted by molar-refractivity contribution is -0.390. The molecule has 2 rings (SSSR count). The van der Waals surface area contributed by atoms with Gasteiger partial charge in [-0.3, -0.25) is 10.1 Å². The van der Waals surface area contributed by atoms with Gasteiger partial charge in [-0.2, -0.15) is 4.39 Å². The Morgan fingerprint density at radius 3 is 2.67 bits per heavy atom. The fraction of sp³-hybridized carbons (Fsp3) is 0. The lowest BCUT2D eigenvalue weighted by Crippen LogP contribution is -1.98. The Labute approximate surface area is 127 Å². The van der Waals surface area contributed by atoms with Gasteiger partial charge >= 0.3 is 11.7 Å². The van der Waals surface area contributed by atoms with E-state index in [2.05, 4.69) is 0 Å². The smallest absolute Gasteiger partial charge is 0.337 e. The summed E-state index contributed by atoms with van der Waals surface area (Å²) < 4.78 is 13.5. The molecule has 0 aliphatic heterocycles. The predicted octanol–water partition coefficient (Wildman–Crippen LogP) is 4.24. The van der Waals surface area contributed by atoms with Gasteiger partial charge in [-0.05, 0) is 30.3 Å². The fourth-order valence-corrected chi connectivity index (χ4v) is 2.79. The van der Waals surface area contributed by atoms with Crippen LogP contribution in [0, 0.1) is 15.9 Å². The van der Waals surface area contributed by atoms with E-state index in [1.807, 2.05) is 0 Å². The van der Waals surface area contributed by atoms with E-state index >= 15 is 0 Å². The summed E-state index contributed by atoms with van der Waals surface area (Å²) >= 11 is 6.64. The highest BCUT2D eigenvalue weighted by molar-refractivity contribution is 7.99. The van der Waals surface area contributed by atoms with Crippen molar-refractivity contribution in [3.8, 4) is 0 Å². The van der Waals surface area contributed by atoms with Crippen LogP contribution in [0.15, 0.2) is 46.2 Å². The maximum Gasteiger partial charge on any atom is 0.337 e. The van der Waals surface area contributed by atoms with Crippen molar-refractivity contribution in [2.75, 3.05) is 0 Å². The van der Waals surface area contributed by atoms with Crippen molar-refractivity contribution in [3.63, 3.8) is 0 Å².